The molecule has 0 heterocycles. The van der Waals surface area contributed by atoms with E-state index >= 15 is 0 Å². The van der Waals surface area contributed by atoms with Gasteiger partial charge in [-0.05, 0) is 30.7 Å². The molecule has 4 heteroatoms. The Hall–Kier alpha value is -0.970. The number of rotatable bonds is 12. The summed E-state index contributed by atoms with van der Waals surface area (Å²) in [6.45, 7) is 12.2. The number of ether oxygens (including phenoxy) is 1. The molecule has 138 valence electrons. The Labute approximate surface area is 146 Å². The molecule has 1 rings (SSSR count). The molecule has 0 aliphatic carbocycles. The third kappa shape index (κ3) is 9.36. The van der Waals surface area contributed by atoms with E-state index in [1.54, 1.807) is 18.2 Å². The lowest BCUT2D eigenvalue weighted by molar-refractivity contribution is -0.904. The molecule has 1 aromatic carbocycles. The van der Waals surface area contributed by atoms with Crippen LogP contribution in [-0.2, 0) is 11.3 Å². The fourth-order valence-corrected chi connectivity index (χ4v) is 2.63. The quantitative estimate of drug-likeness (QED) is 0.613. The van der Waals surface area contributed by atoms with Crippen LogP contribution in [0.25, 0.3) is 0 Å². The topological polar surface area (TPSA) is 33.9 Å². The summed E-state index contributed by atoms with van der Waals surface area (Å²) in [5, 5.41) is 10.3. The largest absolute Gasteiger partial charge is 0.385 e. The number of halogens is 1. The van der Waals surface area contributed by atoms with E-state index in [1.807, 2.05) is 0 Å². The summed E-state index contributed by atoms with van der Waals surface area (Å²) in [5.41, 5.74) is 0.536. The standard InChI is InChI=1S/C20H34FNO2/c1-16(2)9-11-22(12-10-17(3)4)13-19(23)15-24-14-18-7-5-6-8-20(18)21/h5-8,16-17,19,23H,9-15H2,1-4H3/p+1/t19-/m0/s1. The summed E-state index contributed by atoms with van der Waals surface area (Å²) < 4.78 is 19.0. The number of hydrogen-bond donors (Lipinski definition) is 2. The maximum Gasteiger partial charge on any atom is 0.128 e. The third-order valence-electron chi connectivity index (χ3n) is 4.20. The molecule has 0 aromatic heterocycles. The van der Waals surface area contributed by atoms with E-state index < -0.39 is 6.10 Å². The highest BCUT2D eigenvalue weighted by molar-refractivity contribution is 5.16. The van der Waals surface area contributed by atoms with Crippen LogP contribution < -0.4 is 4.90 Å². The van der Waals surface area contributed by atoms with E-state index in [2.05, 4.69) is 27.7 Å². The SMILES string of the molecule is CC(C)CC[NH+](CCC(C)C)C[C@H](O)COCc1ccccc1F. The minimum Gasteiger partial charge on any atom is -0.385 e. The third-order valence-corrected chi connectivity index (χ3v) is 4.20. The van der Waals surface area contributed by atoms with Gasteiger partial charge in [0.05, 0.1) is 26.3 Å². The van der Waals surface area contributed by atoms with Gasteiger partial charge in [0, 0.05) is 5.56 Å². The Bertz CT molecular complexity index is 439. The van der Waals surface area contributed by atoms with Crippen LogP contribution in [-0.4, -0.2) is 37.5 Å². The zero-order valence-corrected chi connectivity index (χ0v) is 15.7. The highest BCUT2D eigenvalue weighted by Crippen LogP contribution is 2.07. The molecule has 0 saturated carbocycles. The molecule has 3 nitrogen and oxygen atoms in total. The van der Waals surface area contributed by atoms with E-state index in [4.69, 9.17) is 4.74 Å². The van der Waals surface area contributed by atoms with E-state index in [-0.39, 0.29) is 19.0 Å². The van der Waals surface area contributed by atoms with Crippen LogP contribution in [0.4, 0.5) is 4.39 Å². The maximum absolute atomic E-state index is 13.5. The average molecular weight is 341 g/mol. The molecule has 0 unspecified atom stereocenters. The van der Waals surface area contributed by atoms with Crippen molar-refractivity contribution in [1.29, 1.82) is 0 Å². The van der Waals surface area contributed by atoms with Gasteiger partial charge in [0.2, 0.25) is 0 Å². The number of aliphatic hydroxyl groups excluding tert-OH is 1. The molecule has 24 heavy (non-hydrogen) atoms. The van der Waals surface area contributed by atoms with Gasteiger partial charge in [-0.2, -0.15) is 0 Å². The summed E-state index contributed by atoms with van der Waals surface area (Å²) >= 11 is 0. The second kappa shape index (κ2) is 11.6. The minimum atomic E-state index is -0.508. The lowest BCUT2D eigenvalue weighted by Crippen LogP contribution is -3.13. The number of benzene rings is 1. The molecule has 1 atom stereocenters. The van der Waals surface area contributed by atoms with Gasteiger partial charge < -0.3 is 14.7 Å². The van der Waals surface area contributed by atoms with Crippen LogP contribution >= 0.6 is 0 Å². The summed E-state index contributed by atoms with van der Waals surface area (Å²) in [6.07, 6.45) is 1.82. The predicted molar refractivity (Wildman–Crippen MR) is 96.5 cm³/mol. The number of hydrogen-bond acceptors (Lipinski definition) is 2. The van der Waals surface area contributed by atoms with Gasteiger partial charge in [-0.25, -0.2) is 4.39 Å². The average Bonchev–Trinajstić information content (AvgIpc) is 2.51. The van der Waals surface area contributed by atoms with E-state index in [0.29, 0.717) is 23.9 Å². The van der Waals surface area contributed by atoms with E-state index in [9.17, 15) is 9.50 Å². The fourth-order valence-electron chi connectivity index (χ4n) is 2.63. The molecular formula is C20H35FNO2+. The van der Waals surface area contributed by atoms with Crippen molar-refractivity contribution < 1.29 is 19.1 Å². The monoisotopic (exact) mass is 340 g/mol. The second-order valence-corrected chi connectivity index (χ2v) is 7.58. The highest BCUT2D eigenvalue weighted by Gasteiger charge is 2.16. The van der Waals surface area contributed by atoms with Crippen molar-refractivity contribution >= 4 is 0 Å². The van der Waals surface area contributed by atoms with Gasteiger partial charge in [-0.1, -0.05) is 45.9 Å². The summed E-state index contributed by atoms with van der Waals surface area (Å²) in [6, 6.07) is 6.60. The van der Waals surface area contributed by atoms with Crippen molar-refractivity contribution in [2.75, 3.05) is 26.2 Å². The summed E-state index contributed by atoms with van der Waals surface area (Å²) in [4.78, 5) is 1.43. The first kappa shape index (κ1) is 21.1. The lowest BCUT2D eigenvalue weighted by Gasteiger charge is -2.24. The van der Waals surface area contributed by atoms with Crippen molar-refractivity contribution in [3.05, 3.63) is 35.6 Å². The first-order chi connectivity index (χ1) is 11.4. The van der Waals surface area contributed by atoms with Crippen molar-refractivity contribution in [2.24, 2.45) is 11.8 Å². The van der Waals surface area contributed by atoms with Gasteiger partial charge in [0.25, 0.3) is 0 Å². The summed E-state index contributed by atoms with van der Waals surface area (Å²) in [5.74, 6) is 1.09. The zero-order chi connectivity index (χ0) is 17.9. The van der Waals surface area contributed by atoms with Crippen molar-refractivity contribution in [3.8, 4) is 0 Å². The minimum absolute atomic E-state index is 0.205. The van der Waals surface area contributed by atoms with Gasteiger partial charge >= 0.3 is 0 Å². The van der Waals surface area contributed by atoms with Crippen molar-refractivity contribution in [3.63, 3.8) is 0 Å². The van der Waals surface area contributed by atoms with Gasteiger partial charge in [0.1, 0.15) is 18.5 Å². The molecule has 1 aromatic rings. The van der Waals surface area contributed by atoms with Crippen LogP contribution in [0.15, 0.2) is 24.3 Å². The number of nitrogens with one attached hydrogen (secondary N) is 1. The van der Waals surface area contributed by atoms with E-state index in [1.165, 1.54) is 11.0 Å². The first-order valence-electron chi connectivity index (χ1n) is 9.21. The Kier molecular flexibility index (Phi) is 10.2. The van der Waals surface area contributed by atoms with Gasteiger partial charge in [-0.3, -0.25) is 0 Å². The zero-order valence-electron chi connectivity index (χ0n) is 15.7. The molecule has 0 bridgehead atoms. The molecule has 0 fully saturated rings. The number of quaternary nitrogens is 1. The Balaban J connectivity index is 2.36. The molecule has 2 N–H and O–H groups in total. The van der Waals surface area contributed by atoms with E-state index in [0.717, 1.165) is 25.9 Å². The summed E-state index contributed by atoms with van der Waals surface area (Å²) in [7, 11) is 0. The Morgan fingerprint density at radius 2 is 1.62 bits per heavy atom. The van der Waals surface area contributed by atoms with Crippen LogP contribution in [0.2, 0.25) is 0 Å². The normalized spacial score (nSPS) is 13.2. The van der Waals surface area contributed by atoms with Crippen molar-refractivity contribution in [2.45, 2.75) is 53.2 Å². The van der Waals surface area contributed by atoms with Crippen molar-refractivity contribution in [1.82, 2.24) is 0 Å². The second-order valence-electron chi connectivity index (χ2n) is 7.58. The van der Waals surface area contributed by atoms with Crippen LogP contribution in [0.1, 0.15) is 46.1 Å². The predicted octanol–water partition coefficient (Wildman–Crippen LogP) is 2.68. The molecule has 0 radical (unpaired) electrons. The Morgan fingerprint density at radius 1 is 1.04 bits per heavy atom. The maximum atomic E-state index is 13.5. The fraction of sp³-hybridized carbons (Fsp3) is 0.700. The molecule has 0 aliphatic heterocycles. The molecule has 0 aliphatic rings. The molecule has 0 spiro atoms. The number of aliphatic hydroxyl groups is 1. The smallest absolute Gasteiger partial charge is 0.128 e. The highest BCUT2D eigenvalue weighted by atomic mass is 19.1. The molecule has 0 amide bonds. The van der Waals surface area contributed by atoms with Gasteiger partial charge in [0.15, 0.2) is 0 Å². The first-order valence-corrected chi connectivity index (χ1v) is 9.21. The lowest BCUT2D eigenvalue weighted by atomic mass is 10.1. The molecule has 0 saturated heterocycles. The van der Waals surface area contributed by atoms with Crippen LogP contribution in [0, 0.1) is 17.7 Å². The van der Waals surface area contributed by atoms with Crippen LogP contribution in [0.3, 0.4) is 0 Å². The Morgan fingerprint density at radius 3 is 2.17 bits per heavy atom. The van der Waals surface area contributed by atoms with Crippen LogP contribution in [0.5, 0.6) is 0 Å². The van der Waals surface area contributed by atoms with Gasteiger partial charge in [-0.15, -0.1) is 0 Å². The molecular weight excluding hydrogens is 305 g/mol.